The highest BCUT2D eigenvalue weighted by Gasteiger charge is 2.21. The fourth-order valence-electron chi connectivity index (χ4n) is 4.33. The minimum absolute atomic E-state index is 0.746. The van der Waals surface area contributed by atoms with Crippen LogP contribution in [0.3, 0.4) is 0 Å². The van der Waals surface area contributed by atoms with Crippen LogP contribution in [0.25, 0.3) is 0 Å². The molecule has 1 aliphatic carbocycles. The molecule has 0 N–H and O–H groups in total. The Labute approximate surface area is 184 Å². The van der Waals surface area contributed by atoms with E-state index in [1.54, 1.807) is 0 Å². The van der Waals surface area contributed by atoms with Gasteiger partial charge in [0.2, 0.25) is 0 Å². The number of hydrogen-bond donors (Lipinski definition) is 0. The monoisotopic (exact) mass is 396 g/mol. The maximum absolute atomic E-state index is 3.31. The van der Waals surface area contributed by atoms with Gasteiger partial charge >= 0.3 is 0 Å². The van der Waals surface area contributed by atoms with E-state index in [0.717, 1.165) is 34.9 Å². The van der Waals surface area contributed by atoms with Crippen LogP contribution >= 0.6 is 0 Å². The van der Waals surface area contributed by atoms with Crippen molar-refractivity contribution in [3.8, 4) is 23.7 Å². The maximum atomic E-state index is 3.31. The lowest BCUT2D eigenvalue weighted by atomic mass is 9.77. The summed E-state index contributed by atoms with van der Waals surface area (Å²) in [6, 6.07) is 17.3. The summed E-state index contributed by atoms with van der Waals surface area (Å²) in [5.41, 5.74) is 4.72. The van der Waals surface area contributed by atoms with Gasteiger partial charge in [0, 0.05) is 23.1 Å². The van der Waals surface area contributed by atoms with Crippen LogP contribution in [0.4, 0.5) is 0 Å². The molecular weight excluding hydrogens is 360 g/mol. The van der Waals surface area contributed by atoms with Crippen molar-refractivity contribution in [1.82, 2.24) is 0 Å². The second kappa shape index (κ2) is 12.3. The summed E-state index contributed by atoms with van der Waals surface area (Å²) >= 11 is 0. The van der Waals surface area contributed by atoms with E-state index in [0.29, 0.717) is 0 Å². The van der Waals surface area contributed by atoms with Crippen LogP contribution in [0, 0.1) is 29.6 Å². The van der Waals surface area contributed by atoms with E-state index in [9.17, 15) is 0 Å². The fraction of sp³-hybridized carbons (Fsp3) is 0.467. The quantitative estimate of drug-likeness (QED) is 0.342. The Morgan fingerprint density at radius 2 is 1.20 bits per heavy atom. The third kappa shape index (κ3) is 7.11. The molecule has 0 bridgehead atoms. The SMILES string of the molecule is CCCCC#Cc1ccc(C#Cc2ccc([C@H]3CC[C@H](CCCC)CC3)cc2)cc1. The summed E-state index contributed by atoms with van der Waals surface area (Å²) in [5, 5.41) is 0. The van der Waals surface area contributed by atoms with Gasteiger partial charge in [0.1, 0.15) is 0 Å². The second-order valence-corrected chi connectivity index (χ2v) is 8.71. The summed E-state index contributed by atoms with van der Waals surface area (Å²) in [6.45, 7) is 4.50. The van der Waals surface area contributed by atoms with Crippen LogP contribution in [-0.2, 0) is 0 Å². The summed E-state index contributed by atoms with van der Waals surface area (Å²) in [4.78, 5) is 0. The van der Waals surface area contributed by atoms with Crippen LogP contribution in [-0.4, -0.2) is 0 Å². The predicted molar refractivity (Wildman–Crippen MR) is 129 cm³/mol. The molecule has 0 saturated heterocycles. The van der Waals surface area contributed by atoms with Crippen molar-refractivity contribution in [2.45, 2.75) is 84.0 Å². The maximum Gasteiger partial charge on any atom is 0.0249 e. The lowest BCUT2D eigenvalue weighted by Crippen LogP contribution is -2.13. The van der Waals surface area contributed by atoms with E-state index < -0.39 is 0 Å². The predicted octanol–water partition coefficient (Wildman–Crippen LogP) is 8.09. The zero-order valence-corrected chi connectivity index (χ0v) is 18.8. The lowest BCUT2D eigenvalue weighted by molar-refractivity contribution is 0.304. The standard InChI is InChI=1S/C30H36/c1-3-5-7-8-10-26-11-13-27(14-12-26)15-16-28-19-23-30(24-20-28)29-21-17-25(18-22-29)9-6-4-2/h11-14,19-20,23-25,29H,3-7,9,17-18,21-22H2,1-2H3/t25-,29-. The van der Waals surface area contributed by atoms with Crippen LogP contribution in [0.2, 0.25) is 0 Å². The Bertz CT molecular complexity index is 870. The Kier molecular flexibility index (Phi) is 9.12. The van der Waals surface area contributed by atoms with Crippen LogP contribution < -0.4 is 0 Å². The highest BCUT2D eigenvalue weighted by molar-refractivity contribution is 5.46. The summed E-state index contributed by atoms with van der Waals surface area (Å²) in [6.07, 6.45) is 13.0. The van der Waals surface area contributed by atoms with E-state index in [1.807, 2.05) is 0 Å². The smallest absolute Gasteiger partial charge is 0.0249 e. The molecule has 1 fully saturated rings. The largest absolute Gasteiger partial charge is 0.0979 e. The van der Waals surface area contributed by atoms with Gasteiger partial charge in [-0.2, -0.15) is 0 Å². The van der Waals surface area contributed by atoms with Crippen molar-refractivity contribution in [1.29, 1.82) is 0 Å². The molecule has 1 aliphatic rings. The van der Waals surface area contributed by atoms with E-state index in [-0.39, 0.29) is 0 Å². The molecule has 1 saturated carbocycles. The number of benzene rings is 2. The molecule has 2 aromatic carbocycles. The zero-order valence-electron chi connectivity index (χ0n) is 18.8. The Balaban J connectivity index is 1.53. The molecule has 0 heterocycles. The van der Waals surface area contributed by atoms with Crippen molar-refractivity contribution in [3.63, 3.8) is 0 Å². The molecule has 0 nitrogen and oxygen atoms in total. The molecule has 30 heavy (non-hydrogen) atoms. The van der Waals surface area contributed by atoms with Crippen LogP contribution in [0.5, 0.6) is 0 Å². The first-order chi connectivity index (χ1) is 14.8. The van der Waals surface area contributed by atoms with E-state index in [1.165, 1.54) is 63.4 Å². The second-order valence-electron chi connectivity index (χ2n) is 8.71. The van der Waals surface area contributed by atoms with Crippen molar-refractivity contribution in [3.05, 3.63) is 70.8 Å². The fourth-order valence-corrected chi connectivity index (χ4v) is 4.33. The average molecular weight is 397 g/mol. The molecule has 0 spiro atoms. The first kappa shape index (κ1) is 22.2. The molecule has 0 aliphatic heterocycles. The van der Waals surface area contributed by atoms with Crippen LogP contribution in [0.1, 0.15) is 106 Å². The summed E-state index contributed by atoms with van der Waals surface area (Å²) in [5.74, 6) is 14.8. The van der Waals surface area contributed by atoms with Crippen molar-refractivity contribution in [2.75, 3.05) is 0 Å². The molecule has 156 valence electrons. The molecule has 0 atom stereocenters. The number of unbranched alkanes of at least 4 members (excludes halogenated alkanes) is 3. The normalized spacial score (nSPS) is 18.1. The third-order valence-electron chi connectivity index (χ3n) is 6.32. The molecule has 2 aromatic rings. The number of rotatable bonds is 6. The van der Waals surface area contributed by atoms with Crippen molar-refractivity contribution in [2.24, 2.45) is 5.92 Å². The molecule has 0 radical (unpaired) electrons. The third-order valence-corrected chi connectivity index (χ3v) is 6.32. The molecule has 0 amide bonds. The molecule has 0 aromatic heterocycles. The molecular formula is C30H36. The first-order valence-electron chi connectivity index (χ1n) is 12.0. The molecule has 0 unspecified atom stereocenters. The zero-order chi connectivity index (χ0) is 21.0. The summed E-state index contributed by atoms with van der Waals surface area (Å²) < 4.78 is 0. The van der Waals surface area contributed by atoms with Crippen LogP contribution in [0.15, 0.2) is 48.5 Å². The van der Waals surface area contributed by atoms with Gasteiger partial charge in [0.15, 0.2) is 0 Å². The van der Waals surface area contributed by atoms with Gasteiger partial charge in [-0.15, -0.1) is 0 Å². The van der Waals surface area contributed by atoms with E-state index in [4.69, 9.17) is 0 Å². The highest BCUT2D eigenvalue weighted by atomic mass is 14.3. The lowest BCUT2D eigenvalue weighted by Gasteiger charge is -2.28. The van der Waals surface area contributed by atoms with Gasteiger partial charge in [-0.25, -0.2) is 0 Å². The Hall–Kier alpha value is -2.44. The van der Waals surface area contributed by atoms with Gasteiger partial charge in [-0.3, -0.25) is 0 Å². The van der Waals surface area contributed by atoms with Gasteiger partial charge in [0.25, 0.3) is 0 Å². The van der Waals surface area contributed by atoms with Gasteiger partial charge in [0.05, 0.1) is 0 Å². The van der Waals surface area contributed by atoms with Gasteiger partial charge < -0.3 is 0 Å². The Morgan fingerprint density at radius 1 is 0.667 bits per heavy atom. The van der Waals surface area contributed by atoms with Gasteiger partial charge in [-0.1, -0.05) is 75.3 Å². The van der Waals surface area contributed by atoms with Crippen molar-refractivity contribution < 1.29 is 0 Å². The minimum atomic E-state index is 0.746. The topological polar surface area (TPSA) is 0 Å². The summed E-state index contributed by atoms with van der Waals surface area (Å²) in [7, 11) is 0. The average Bonchev–Trinajstić information content (AvgIpc) is 2.81. The van der Waals surface area contributed by atoms with E-state index >= 15 is 0 Å². The van der Waals surface area contributed by atoms with E-state index in [2.05, 4.69) is 86.1 Å². The van der Waals surface area contributed by atoms with Gasteiger partial charge in [-0.05, 0) is 85.9 Å². The number of hydrogen-bond acceptors (Lipinski definition) is 0. The van der Waals surface area contributed by atoms with Crippen molar-refractivity contribution >= 4 is 0 Å². The molecule has 0 heteroatoms. The highest BCUT2D eigenvalue weighted by Crippen LogP contribution is 2.37. The molecule has 3 rings (SSSR count). The Morgan fingerprint density at radius 3 is 1.77 bits per heavy atom. The minimum Gasteiger partial charge on any atom is -0.0979 e. The first-order valence-corrected chi connectivity index (χ1v) is 12.0.